The first kappa shape index (κ1) is 24.9. The summed E-state index contributed by atoms with van der Waals surface area (Å²) >= 11 is 0. The topological polar surface area (TPSA) is 87.5 Å². The maximum atomic E-state index is 12.6. The van der Waals surface area contributed by atoms with Gasteiger partial charge >= 0.3 is 24.9 Å². The van der Waals surface area contributed by atoms with Crippen molar-refractivity contribution in [1.29, 1.82) is 0 Å². The molecular formula is C22H28LiN7O-2. The van der Waals surface area contributed by atoms with Gasteiger partial charge in [0.15, 0.2) is 0 Å². The Morgan fingerprint density at radius 3 is 2.55 bits per heavy atom. The summed E-state index contributed by atoms with van der Waals surface area (Å²) in [6, 6.07) is 5.31. The Bertz CT molecular complexity index is 1030. The normalized spacial score (nSPS) is 14.2. The van der Waals surface area contributed by atoms with Gasteiger partial charge in [-0.25, -0.2) is 14.8 Å². The summed E-state index contributed by atoms with van der Waals surface area (Å²) in [5, 5.41) is 6.00. The summed E-state index contributed by atoms with van der Waals surface area (Å²) in [5.74, 6) is 1.30. The molecule has 0 aromatic carbocycles. The van der Waals surface area contributed by atoms with Crippen LogP contribution in [0.4, 0.5) is 16.3 Å². The molecule has 4 heterocycles. The van der Waals surface area contributed by atoms with E-state index >= 15 is 0 Å². The van der Waals surface area contributed by atoms with Gasteiger partial charge in [0, 0.05) is 24.8 Å². The van der Waals surface area contributed by atoms with Gasteiger partial charge in [-0.15, -0.1) is 17.6 Å². The molecule has 1 aliphatic rings. The van der Waals surface area contributed by atoms with Crippen molar-refractivity contribution >= 4 is 23.3 Å². The van der Waals surface area contributed by atoms with Crippen LogP contribution in [0.25, 0.3) is 5.78 Å². The van der Waals surface area contributed by atoms with Crippen molar-refractivity contribution < 1.29 is 23.7 Å². The molecule has 3 aromatic heterocycles. The second kappa shape index (κ2) is 10.8. The van der Waals surface area contributed by atoms with Crippen LogP contribution in [0, 0.1) is 33.8 Å². The van der Waals surface area contributed by atoms with Gasteiger partial charge in [0.1, 0.15) is 0 Å². The van der Waals surface area contributed by atoms with Crippen LogP contribution in [-0.2, 0) is 6.42 Å². The number of aromatic nitrogens is 4. The fourth-order valence-corrected chi connectivity index (χ4v) is 3.25. The number of urea groups is 1. The number of hydrogen-bond acceptors (Lipinski definition) is 5. The minimum absolute atomic E-state index is 0. The zero-order valence-electron chi connectivity index (χ0n) is 18.9. The molecule has 9 heteroatoms. The summed E-state index contributed by atoms with van der Waals surface area (Å²) in [7, 11) is 0. The number of fused-ring (bicyclic) bond motifs is 2. The molecule has 3 aromatic rings. The molecule has 0 radical (unpaired) electrons. The zero-order valence-corrected chi connectivity index (χ0v) is 18.9. The van der Waals surface area contributed by atoms with Gasteiger partial charge in [-0.3, -0.25) is 4.40 Å². The molecule has 0 aliphatic carbocycles. The third-order valence-electron chi connectivity index (χ3n) is 4.45. The number of aryl methyl sites for hydroxylation is 2. The first-order chi connectivity index (χ1) is 14.2. The molecule has 2 amide bonds. The van der Waals surface area contributed by atoms with E-state index in [0.717, 1.165) is 23.4 Å². The quantitative estimate of drug-likeness (QED) is 0.472. The maximum Gasteiger partial charge on any atom is 1.00 e. The van der Waals surface area contributed by atoms with Crippen LogP contribution < -0.4 is 34.4 Å². The molecule has 160 valence electrons. The first-order valence-electron chi connectivity index (χ1n) is 9.94. The molecule has 0 bridgehead atoms. The van der Waals surface area contributed by atoms with E-state index < -0.39 is 0 Å². The molecule has 31 heavy (non-hydrogen) atoms. The van der Waals surface area contributed by atoms with E-state index in [4.69, 9.17) is 0 Å². The molecule has 0 spiro atoms. The Balaban J connectivity index is 0.000000373. The predicted octanol–water partition coefficient (Wildman–Crippen LogP) is 0.161. The average molecular weight is 413 g/mol. The fourth-order valence-electron chi connectivity index (χ4n) is 3.25. The van der Waals surface area contributed by atoms with E-state index in [9.17, 15) is 4.79 Å². The maximum absolute atomic E-state index is 12.6. The summed E-state index contributed by atoms with van der Waals surface area (Å²) in [6.07, 6.45) is 6.13. The molecule has 1 aliphatic heterocycles. The minimum Gasteiger partial charge on any atom is -0.371 e. The van der Waals surface area contributed by atoms with Gasteiger partial charge in [0.25, 0.3) is 0 Å². The van der Waals surface area contributed by atoms with Gasteiger partial charge in [0.2, 0.25) is 5.78 Å². The fraction of sp³-hybridized carbons (Fsp3) is 0.364. The van der Waals surface area contributed by atoms with Gasteiger partial charge in [-0.1, -0.05) is 20.0 Å². The summed E-state index contributed by atoms with van der Waals surface area (Å²) in [5.41, 5.74) is 3.24. The molecular weight excluding hydrogens is 385 g/mol. The monoisotopic (exact) mass is 413 g/mol. The Hall–Kier alpha value is -2.40. The van der Waals surface area contributed by atoms with Crippen LogP contribution >= 0.6 is 0 Å². The molecule has 4 rings (SSSR count). The van der Waals surface area contributed by atoms with E-state index in [1.165, 1.54) is 0 Å². The molecule has 0 unspecified atom stereocenters. The first-order valence-corrected chi connectivity index (χ1v) is 9.94. The van der Waals surface area contributed by atoms with E-state index in [1.807, 2.05) is 44.5 Å². The van der Waals surface area contributed by atoms with Gasteiger partial charge < -0.3 is 34.4 Å². The number of carbonyl (C=O) groups excluding carboxylic acids is 1. The Morgan fingerprint density at radius 1 is 1.19 bits per heavy atom. The van der Waals surface area contributed by atoms with E-state index in [1.54, 1.807) is 17.2 Å². The summed E-state index contributed by atoms with van der Waals surface area (Å²) in [6.45, 7) is 15.8. The molecule has 2 N–H and O–H groups in total. The van der Waals surface area contributed by atoms with Crippen LogP contribution in [0.15, 0.2) is 24.7 Å². The summed E-state index contributed by atoms with van der Waals surface area (Å²) < 4.78 is 1.81. The second-order valence-electron chi connectivity index (χ2n) is 7.52. The van der Waals surface area contributed by atoms with E-state index in [0.29, 0.717) is 35.9 Å². The molecule has 2 atom stereocenters. The third kappa shape index (κ3) is 6.29. The number of rotatable bonds is 3. The number of nitrogens with zero attached hydrogens (tertiary/aromatic N) is 5. The number of imidazole rings is 1. The third-order valence-corrected chi connectivity index (χ3v) is 4.45. The van der Waals surface area contributed by atoms with Crippen molar-refractivity contribution in [3.8, 4) is 0 Å². The SMILES string of the molecule is Cc1cn2cc(NC(=O)N3CCc4[c-]ccnc43)c(C)nc2n1.[CH2-][C@H](C)N[C@@H]([CH2-])C.[Li+]. The molecule has 0 saturated heterocycles. The van der Waals surface area contributed by atoms with Crippen molar-refractivity contribution in [1.82, 2.24) is 24.7 Å². The van der Waals surface area contributed by atoms with Crippen LogP contribution in [-0.4, -0.2) is 44.0 Å². The average Bonchev–Trinajstić information content (AvgIpc) is 3.23. The minimum atomic E-state index is -0.211. The number of pyridine rings is 1. The molecule has 0 fully saturated rings. The Morgan fingerprint density at radius 2 is 1.90 bits per heavy atom. The second-order valence-corrected chi connectivity index (χ2v) is 7.52. The number of nitrogens with one attached hydrogen (secondary N) is 2. The van der Waals surface area contributed by atoms with Crippen molar-refractivity contribution in [3.05, 3.63) is 61.5 Å². The Labute approximate surface area is 196 Å². The summed E-state index contributed by atoms with van der Waals surface area (Å²) in [4.78, 5) is 27.2. The molecule has 0 saturated carbocycles. The number of anilines is 2. The Kier molecular flexibility index (Phi) is 8.63. The van der Waals surface area contributed by atoms with Gasteiger partial charge in [-0.2, -0.15) is 12.1 Å². The van der Waals surface area contributed by atoms with Crippen LogP contribution in [0.2, 0.25) is 0 Å². The smallest absolute Gasteiger partial charge is 0.371 e. The van der Waals surface area contributed by atoms with Gasteiger partial charge in [0.05, 0.1) is 17.1 Å². The zero-order chi connectivity index (χ0) is 21.8. The predicted molar refractivity (Wildman–Crippen MR) is 118 cm³/mol. The largest absolute Gasteiger partial charge is 1.00 e. The number of carbonyl (C=O) groups is 1. The van der Waals surface area contributed by atoms with Crippen LogP contribution in [0.3, 0.4) is 0 Å². The van der Waals surface area contributed by atoms with E-state index in [2.05, 4.69) is 45.5 Å². The van der Waals surface area contributed by atoms with Crippen molar-refractivity contribution in [2.75, 3.05) is 16.8 Å². The van der Waals surface area contributed by atoms with Crippen LogP contribution in [0.5, 0.6) is 0 Å². The standard InChI is InChI=1S/C16H15N6O.C6H13N.Li/c1-10-8-21-9-13(11(2)19-15(21)18-10)20-16(23)22-7-5-12-4-3-6-17-14(12)22;1-5(2)7-6(3)4;/h3,6,8-9H,5,7H2,1-2H3,(H,20,23);5-7H,1,3H2,2,4H3;/q-1;-2;+1/t;5-,6+;. The van der Waals surface area contributed by atoms with Crippen molar-refractivity contribution in [2.24, 2.45) is 0 Å². The van der Waals surface area contributed by atoms with Crippen molar-refractivity contribution in [3.63, 3.8) is 0 Å². The van der Waals surface area contributed by atoms with E-state index in [-0.39, 0.29) is 24.9 Å². The molecule has 8 nitrogen and oxygen atoms in total. The van der Waals surface area contributed by atoms with Crippen molar-refractivity contribution in [2.45, 2.75) is 46.2 Å². The number of amides is 2. The van der Waals surface area contributed by atoms with Gasteiger partial charge in [-0.05, 0) is 20.3 Å². The number of hydrogen-bond donors (Lipinski definition) is 2. The van der Waals surface area contributed by atoms with Crippen LogP contribution in [0.1, 0.15) is 30.8 Å².